The molecule has 1 aromatic rings. The number of rotatable bonds is 9. The van der Waals surface area contributed by atoms with Crippen molar-refractivity contribution in [3.8, 4) is 0 Å². The Balaban J connectivity index is 2.94. The lowest BCUT2D eigenvalue weighted by molar-refractivity contribution is 0.288. The van der Waals surface area contributed by atoms with Crippen LogP contribution < -0.4 is 10.2 Å². The van der Waals surface area contributed by atoms with Gasteiger partial charge in [-0.25, -0.2) is 0 Å². The monoisotopic (exact) mass is 342 g/mol. The van der Waals surface area contributed by atoms with Crippen molar-refractivity contribution in [1.29, 1.82) is 0 Å². The SMILES string of the molecule is CCCNCc1ccc(Br)cc1N(CCCO)C(C)C. The van der Waals surface area contributed by atoms with Gasteiger partial charge in [-0.1, -0.05) is 28.9 Å². The zero-order chi connectivity index (χ0) is 15.0. The van der Waals surface area contributed by atoms with E-state index >= 15 is 0 Å². The van der Waals surface area contributed by atoms with Gasteiger partial charge < -0.3 is 15.3 Å². The summed E-state index contributed by atoms with van der Waals surface area (Å²) in [4.78, 5) is 2.37. The lowest BCUT2D eigenvalue weighted by Gasteiger charge is -2.31. The number of nitrogens with one attached hydrogen (secondary N) is 1. The van der Waals surface area contributed by atoms with E-state index in [2.05, 4.69) is 65.1 Å². The van der Waals surface area contributed by atoms with Gasteiger partial charge >= 0.3 is 0 Å². The van der Waals surface area contributed by atoms with E-state index in [0.29, 0.717) is 6.04 Å². The van der Waals surface area contributed by atoms with E-state index in [0.717, 1.165) is 36.9 Å². The van der Waals surface area contributed by atoms with Crippen LogP contribution in [-0.2, 0) is 6.54 Å². The Kier molecular flexibility index (Phi) is 8.19. The zero-order valence-corrected chi connectivity index (χ0v) is 14.4. The fourth-order valence-electron chi connectivity index (χ4n) is 2.25. The van der Waals surface area contributed by atoms with Gasteiger partial charge in [0.2, 0.25) is 0 Å². The maximum atomic E-state index is 9.09. The third-order valence-electron chi connectivity index (χ3n) is 3.28. The molecule has 20 heavy (non-hydrogen) atoms. The summed E-state index contributed by atoms with van der Waals surface area (Å²) in [6.07, 6.45) is 1.94. The van der Waals surface area contributed by atoms with Crippen molar-refractivity contribution >= 4 is 21.6 Å². The second-order valence-corrected chi connectivity index (χ2v) is 6.23. The molecule has 0 aliphatic heterocycles. The van der Waals surface area contributed by atoms with Gasteiger partial charge in [0.25, 0.3) is 0 Å². The predicted molar refractivity (Wildman–Crippen MR) is 90.3 cm³/mol. The first kappa shape index (κ1) is 17.5. The number of nitrogens with zero attached hydrogens (tertiary/aromatic N) is 1. The highest BCUT2D eigenvalue weighted by atomic mass is 79.9. The predicted octanol–water partition coefficient (Wildman–Crippen LogP) is 3.55. The van der Waals surface area contributed by atoms with Gasteiger partial charge in [0.05, 0.1) is 0 Å². The van der Waals surface area contributed by atoms with Crippen LogP contribution in [-0.4, -0.2) is 30.8 Å². The second-order valence-electron chi connectivity index (χ2n) is 5.31. The van der Waals surface area contributed by atoms with Crippen LogP contribution in [0.3, 0.4) is 0 Å². The van der Waals surface area contributed by atoms with E-state index in [1.54, 1.807) is 0 Å². The Morgan fingerprint density at radius 2 is 2.10 bits per heavy atom. The first-order valence-corrected chi connectivity index (χ1v) is 8.26. The Morgan fingerprint density at radius 3 is 2.70 bits per heavy atom. The zero-order valence-electron chi connectivity index (χ0n) is 12.8. The van der Waals surface area contributed by atoms with Gasteiger partial charge in [0.15, 0.2) is 0 Å². The van der Waals surface area contributed by atoms with Gasteiger partial charge in [-0.15, -0.1) is 0 Å². The fraction of sp³-hybridized carbons (Fsp3) is 0.625. The third kappa shape index (κ3) is 5.43. The molecule has 4 heteroatoms. The Morgan fingerprint density at radius 1 is 1.35 bits per heavy atom. The number of hydrogen-bond acceptors (Lipinski definition) is 3. The minimum absolute atomic E-state index is 0.237. The van der Waals surface area contributed by atoms with Crippen molar-refractivity contribution in [1.82, 2.24) is 5.32 Å². The third-order valence-corrected chi connectivity index (χ3v) is 3.77. The Hall–Kier alpha value is -0.580. The van der Waals surface area contributed by atoms with Gasteiger partial charge in [-0.2, -0.15) is 0 Å². The van der Waals surface area contributed by atoms with E-state index < -0.39 is 0 Å². The summed E-state index contributed by atoms with van der Waals surface area (Å²) in [5, 5.41) is 12.6. The molecule has 0 fully saturated rings. The summed E-state index contributed by atoms with van der Waals surface area (Å²) in [5.74, 6) is 0. The molecule has 1 aromatic carbocycles. The van der Waals surface area contributed by atoms with Crippen LogP contribution in [0, 0.1) is 0 Å². The highest BCUT2D eigenvalue weighted by Crippen LogP contribution is 2.27. The molecule has 114 valence electrons. The standard InChI is InChI=1S/C16H27BrN2O/c1-4-8-18-12-14-6-7-15(17)11-16(14)19(13(2)3)9-5-10-20/h6-7,11,13,18,20H,4-5,8-10,12H2,1-3H3. The summed E-state index contributed by atoms with van der Waals surface area (Å²) >= 11 is 3.57. The van der Waals surface area contributed by atoms with Crippen LogP contribution in [0.1, 0.15) is 39.2 Å². The Labute approximate surface area is 131 Å². The molecule has 0 atom stereocenters. The minimum atomic E-state index is 0.237. The number of halogens is 1. The van der Waals surface area contributed by atoms with Crippen LogP contribution in [0.4, 0.5) is 5.69 Å². The van der Waals surface area contributed by atoms with Crippen LogP contribution in [0.25, 0.3) is 0 Å². The van der Waals surface area contributed by atoms with Crippen molar-refractivity contribution in [2.24, 2.45) is 0 Å². The topological polar surface area (TPSA) is 35.5 Å². The number of anilines is 1. The lowest BCUT2D eigenvalue weighted by Crippen LogP contribution is -2.33. The molecule has 3 nitrogen and oxygen atoms in total. The van der Waals surface area contributed by atoms with Crippen LogP contribution in [0.15, 0.2) is 22.7 Å². The highest BCUT2D eigenvalue weighted by molar-refractivity contribution is 9.10. The first-order chi connectivity index (χ1) is 9.60. The number of aliphatic hydroxyl groups excluding tert-OH is 1. The maximum absolute atomic E-state index is 9.09. The smallest absolute Gasteiger partial charge is 0.0447 e. The highest BCUT2D eigenvalue weighted by Gasteiger charge is 2.14. The minimum Gasteiger partial charge on any atom is -0.396 e. The van der Waals surface area contributed by atoms with Gasteiger partial charge in [-0.3, -0.25) is 0 Å². The molecule has 0 saturated carbocycles. The molecule has 0 amide bonds. The van der Waals surface area contributed by atoms with Crippen molar-refractivity contribution in [3.63, 3.8) is 0 Å². The van der Waals surface area contributed by atoms with E-state index in [1.807, 2.05) is 0 Å². The number of benzene rings is 1. The largest absolute Gasteiger partial charge is 0.396 e. The summed E-state index contributed by atoms with van der Waals surface area (Å²) in [6, 6.07) is 6.87. The fourth-order valence-corrected chi connectivity index (χ4v) is 2.60. The summed E-state index contributed by atoms with van der Waals surface area (Å²) < 4.78 is 1.10. The van der Waals surface area contributed by atoms with Crippen LogP contribution in [0.5, 0.6) is 0 Å². The summed E-state index contributed by atoms with van der Waals surface area (Å²) in [7, 11) is 0. The second kappa shape index (κ2) is 9.37. The Bertz CT molecular complexity index is 396. The molecule has 1 rings (SSSR count). The van der Waals surface area contributed by atoms with Crippen molar-refractivity contribution in [3.05, 3.63) is 28.2 Å². The molecule has 0 aromatic heterocycles. The summed E-state index contributed by atoms with van der Waals surface area (Å²) in [6.45, 7) is 9.61. The van der Waals surface area contributed by atoms with E-state index in [4.69, 9.17) is 5.11 Å². The van der Waals surface area contributed by atoms with Crippen LogP contribution in [0.2, 0.25) is 0 Å². The van der Waals surface area contributed by atoms with Crippen molar-refractivity contribution in [2.75, 3.05) is 24.6 Å². The molecule has 0 aliphatic rings. The average molecular weight is 343 g/mol. The maximum Gasteiger partial charge on any atom is 0.0447 e. The molecule has 0 saturated heterocycles. The van der Waals surface area contributed by atoms with Gasteiger partial charge in [0, 0.05) is 35.9 Å². The molecule has 0 bridgehead atoms. The van der Waals surface area contributed by atoms with E-state index in [-0.39, 0.29) is 6.61 Å². The molecule has 0 spiro atoms. The first-order valence-electron chi connectivity index (χ1n) is 7.46. The van der Waals surface area contributed by atoms with Crippen molar-refractivity contribution < 1.29 is 5.11 Å². The van der Waals surface area contributed by atoms with Gasteiger partial charge in [-0.05, 0) is 50.9 Å². The molecule has 0 unspecified atom stereocenters. The van der Waals surface area contributed by atoms with Crippen LogP contribution >= 0.6 is 15.9 Å². The molecule has 0 heterocycles. The van der Waals surface area contributed by atoms with E-state index in [1.165, 1.54) is 11.3 Å². The lowest BCUT2D eigenvalue weighted by atomic mass is 10.1. The quantitative estimate of drug-likeness (QED) is 0.673. The molecule has 2 N–H and O–H groups in total. The molecular formula is C16H27BrN2O. The molecule has 0 radical (unpaired) electrons. The van der Waals surface area contributed by atoms with Crippen molar-refractivity contribution in [2.45, 2.75) is 46.2 Å². The van der Waals surface area contributed by atoms with E-state index in [9.17, 15) is 0 Å². The normalized spacial score (nSPS) is 11.1. The number of hydrogen-bond donors (Lipinski definition) is 2. The molecular weight excluding hydrogens is 316 g/mol. The molecule has 0 aliphatic carbocycles. The summed E-state index contributed by atoms with van der Waals surface area (Å²) in [5.41, 5.74) is 2.57. The number of aliphatic hydroxyl groups is 1. The average Bonchev–Trinajstić information content (AvgIpc) is 2.41. The van der Waals surface area contributed by atoms with Gasteiger partial charge in [0.1, 0.15) is 0 Å².